The molecule has 9 nitrogen and oxygen atoms in total. The van der Waals surface area contributed by atoms with Crippen molar-refractivity contribution >= 4 is 23.0 Å². The first-order valence-electron chi connectivity index (χ1n) is 12.1. The number of esters is 1. The minimum atomic E-state index is -1.74. The molecule has 0 aliphatic carbocycles. The number of aromatic nitrogens is 3. The Balaban J connectivity index is 1.43. The van der Waals surface area contributed by atoms with Crippen LogP contribution in [0.2, 0.25) is 0 Å². The van der Waals surface area contributed by atoms with Crippen molar-refractivity contribution in [3.05, 3.63) is 93.5 Å². The number of hydrogen-bond acceptors (Lipinski definition) is 7. The van der Waals surface area contributed by atoms with Crippen LogP contribution in [0.1, 0.15) is 35.6 Å². The van der Waals surface area contributed by atoms with E-state index in [1.807, 2.05) is 30.3 Å². The molecule has 0 spiro atoms. The molecule has 0 fully saturated rings. The number of benzene rings is 1. The van der Waals surface area contributed by atoms with E-state index in [2.05, 4.69) is 4.98 Å². The van der Waals surface area contributed by atoms with Gasteiger partial charge in [-0.3, -0.25) is 9.78 Å². The maximum absolute atomic E-state index is 13.6. The van der Waals surface area contributed by atoms with Crippen LogP contribution >= 0.6 is 0 Å². The van der Waals surface area contributed by atoms with E-state index in [4.69, 9.17) is 14.5 Å². The monoisotopic (exact) mass is 496 g/mol. The number of amides is 1. The first-order chi connectivity index (χ1) is 17.9. The molecule has 5 heterocycles. The van der Waals surface area contributed by atoms with E-state index >= 15 is 0 Å². The van der Waals surface area contributed by atoms with Crippen molar-refractivity contribution < 1.29 is 19.1 Å². The molecule has 1 aromatic carbocycles. The summed E-state index contributed by atoms with van der Waals surface area (Å²) in [7, 11) is 1.59. The third-order valence-electron chi connectivity index (χ3n) is 7.13. The van der Waals surface area contributed by atoms with Crippen LogP contribution in [0.15, 0.2) is 65.7 Å². The Morgan fingerprint density at radius 1 is 1.16 bits per heavy atom. The number of cyclic esters (lactones) is 1. The molecule has 1 atom stereocenters. The molecular weight excluding hydrogens is 472 g/mol. The first-order valence-corrected chi connectivity index (χ1v) is 12.1. The number of pyridine rings is 3. The standard InChI is InChI=1S/C28H24N4O5/c1-3-28(37-27(35)31(2)14-17-8-10-29-11-9-17)21-13-23-24-19(12-18-6-4-5-7-22(18)30-24)15-32(23)25(33)20(21)16-36-26(28)34/h4-13H,3,14-16H2,1-2H3/t28-/m0/s1. The molecule has 0 radical (unpaired) electrons. The predicted octanol–water partition coefficient (Wildman–Crippen LogP) is 3.75. The zero-order chi connectivity index (χ0) is 25.7. The molecule has 9 heteroatoms. The van der Waals surface area contributed by atoms with Crippen LogP contribution < -0.4 is 5.56 Å². The van der Waals surface area contributed by atoms with E-state index in [0.717, 1.165) is 22.0 Å². The van der Waals surface area contributed by atoms with Crippen molar-refractivity contribution in [1.82, 2.24) is 19.4 Å². The van der Waals surface area contributed by atoms with Gasteiger partial charge < -0.3 is 18.9 Å². The van der Waals surface area contributed by atoms with Crippen molar-refractivity contribution in [3.8, 4) is 11.4 Å². The Morgan fingerprint density at radius 2 is 1.95 bits per heavy atom. The second-order valence-electron chi connectivity index (χ2n) is 9.34. The maximum Gasteiger partial charge on any atom is 0.411 e. The average molecular weight is 497 g/mol. The molecule has 0 saturated carbocycles. The van der Waals surface area contributed by atoms with Gasteiger partial charge in [0.2, 0.25) is 5.60 Å². The lowest BCUT2D eigenvalue weighted by atomic mass is 9.85. The van der Waals surface area contributed by atoms with Gasteiger partial charge >= 0.3 is 12.1 Å². The van der Waals surface area contributed by atoms with E-state index in [-0.39, 0.29) is 25.1 Å². The average Bonchev–Trinajstić information content (AvgIpc) is 3.27. The third-order valence-corrected chi connectivity index (χ3v) is 7.13. The minimum Gasteiger partial charge on any atom is -0.457 e. The highest BCUT2D eigenvalue weighted by atomic mass is 16.6. The Labute approximate surface area is 212 Å². The van der Waals surface area contributed by atoms with Gasteiger partial charge in [-0.15, -0.1) is 0 Å². The fourth-order valence-electron chi connectivity index (χ4n) is 5.14. The van der Waals surface area contributed by atoms with Crippen LogP contribution in [0.25, 0.3) is 22.3 Å². The van der Waals surface area contributed by atoms with Gasteiger partial charge in [0.1, 0.15) is 6.61 Å². The van der Waals surface area contributed by atoms with Crippen molar-refractivity contribution in [2.24, 2.45) is 0 Å². The van der Waals surface area contributed by atoms with Crippen LogP contribution in [0.5, 0.6) is 0 Å². The van der Waals surface area contributed by atoms with Gasteiger partial charge in [-0.1, -0.05) is 25.1 Å². The van der Waals surface area contributed by atoms with Gasteiger partial charge in [0.05, 0.1) is 29.0 Å². The number of fused-ring (bicyclic) bond motifs is 5. The van der Waals surface area contributed by atoms with Crippen molar-refractivity contribution in [1.29, 1.82) is 0 Å². The number of nitrogens with zero attached hydrogens (tertiary/aromatic N) is 4. The molecule has 37 heavy (non-hydrogen) atoms. The molecule has 0 saturated heterocycles. The fourth-order valence-corrected chi connectivity index (χ4v) is 5.14. The molecule has 2 aliphatic rings. The summed E-state index contributed by atoms with van der Waals surface area (Å²) in [4.78, 5) is 50.2. The number of carbonyl (C=O) groups excluding carboxylic acids is 2. The minimum absolute atomic E-state index is 0.106. The predicted molar refractivity (Wildman–Crippen MR) is 134 cm³/mol. The Morgan fingerprint density at radius 3 is 2.73 bits per heavy atom. The molecule has 6 rings (SSSR count). The molecule has 0 bridgehead atoms. The van der Waals surface area contributed by atoms with E-state index in [9.17, 15) is 14.4 Å². The van der Waals surface area contributed by atoms with Crippen molar-refractivity contribution in [2.45, 2.75) is 38.6 Å². The molecule has 0 unspecified atom stereocenters. The van der Waals surface area contributed by atoms with Gasteiger partial charge in [-0.25, -0.2) is 14.6 Å². The zero-order valence-corrected chi connectivity index (χ0v) is 20.4. The third kappa shape index (κ3) is 3.57. The molecule has 1 amide bonds. The number of carbonyl (C=O) groups is 2. The Hall–Kier alpha value is -4.53. The van der Waals surface area contributed by atoms with Crippen LogP contribution in [-0.2, 0) is 39.6 Å². The van der Waals surface area contributed by atoms with E-state index in [0.29, 0.717) is 29.1 Å². The van der Waals surface area contributed by atoms with Crippen LogP contribution in [0.3, 0.4) is 0 Å². The Kier molecular flexibility index (Phi) is 5.29. The Bertz CT molecular complexity index is 1630. The molecular formula is C28H24N4O5. The summed E-state index contributed by atoms with van der Waals surface area (Å²) >= 11 is 0. The quantitative estimate of drug-likeness (QED) is 0.349. The summed E-state index contributed by atoms with van der Waals surface area (Å²) in [6, 6.07) is 15.2. The highest BCUT2D eigenvalue weighted by molar-refractivity contribution is 5.88. The summed E-state index contributed by atoms with van der Waals surface area (Å²) in [5, 5.41) is 0.986. The smallest absolute Gasteiger partial charge is 0.411 e. The summed E-state index contributed by atoms with van der Waals surface area (Å²) in [6.07, 6.45) is 2.68. The highest BCUT2D eigenvalue weighted by Gasteiger charge is 2.51. The number of ether oxygens (including phenoxy) is 2. The van der Waals surface area contributed by atoms with Gasteiger partial charge in [0, 0.05) is 42.5 Å². The van der Waals surface area contributed by atoms with E-state index in [1.54, 1.807) is 49.1 Å². The second kappa shape index (κ2) is 8.55. The van der Waals surface area contributed by atoms with Crippen LogP contribution in [-0.4, -0.2) is 38.5 Å². The summed E-state index contributed by atoms with van der Waals surface area (Å²) in [5.41, 5.74) is 2.52. The molecule has 4 aromatic rings. The number of rotatable bonds is 4. The maximum atomic E-state index is 13.6. The van der Waals surface area contributed by atoms with Gasteiger partial charge in [-0.2, -0.15) is 0 Å². The van der Waals surface area contributed by atoms with Crippen molar-refractivity contribution in [3.63, 3.8) is 0 Å². The molecule has 186 valence electrons. The SMILES string of the molecule is CC[C@@]1(OC(=O)N(C)Cc2ccncc2)C(=O)OCc2c1cc1n(c2=O)Cc2cc3ccccc3nc2-1. The van der Waals surface area contributed by atoms with Gasteiger partial charge in [0.25, 0.3) is 5.56 Å². The number of hydrogen-bond donors (Lipinski definition) is 0. The first kappa shape index (κ1) is 22.9. The van der Waals surface area contributed by atoms with Crippen LogP contribution in [0.4, 0.5) is 4.79 Å². The lowest BCUT2D eigenvalue weighted by Crippen LogP contribution is -2.49. The molecule has 0 N–H and O–H groups in total. The summed E-state index contributed by atoms with van der Waals surface area (Å²) < 4.78 is 13.0. The summed E-state index contributed by atoms with van der Waals surface area (Å²) in [5.74, 6) is -0.692. The molecule has 2 aliphatic heterocycles. The summed E-state index contributed by atoms with van der Waals surface area (Å²) in [6.45, 7) is 2.19. The van der Waals surface area contributed by atoms with Gasteiger partial charge in [0.15, 0.2) is 0 Å². The van der Waals surface area contributed by atoms with Gasteiger partial charge in [-0.05, 0) is 42.3 Å². The van der Waals surface area contributed by atoms with E-state index < -0.39 is 17.7 Å². The second-order valence-corrected chi connectivity index (χ2v) is 9.34. The van der Waals surface area contributed by atoms with Crippen LogP contribution in [0, 0.1) is 0 Å². The highest BCUT2D eigenvalue weighted by Crippen LogP contribution is 2.41. The van der Waals surface area contributed by atoms with E-state index in [1.165, 1.54) is 4.90 Å². The normalized spacial score (nSPS) is 17.5. The lowest BCUT2D eigenvalue weighted by molar-refractivity contribution is -0.173. The fraction of sp³-hybridized carbons (Fsp3) is 0.250. The molecule has 3 aromatic heterocycles. The number of para-hydroxylation sites is 1. The van der Waals surface area contributed by atoms with Crippen molar-refractivity contribution in [2.75, 3.05) is 7.05 Å². The largest absolute Gasteiger partial charge is 0.457 e. The zero-order valence-electron chi connectivity index (χ0n) is 20.4. The topological polar surface area (TPSA) is 104 Å². The lowest BCUT2D eigenvalue weighted by Gasteiger charge is -2.36.